The minimum Gasteiger partial charge on any atom is -0.289 e. The van der Waals surface area contributed by atoms with E-state index in [1.54, 1.807) is 12.5 Å². The Balaban J connectivity index is 1.85. The van der Waals surface area contributed by atoms with Gasteiger partial charge in [-0.25, -0.2) is 4.99 Å². The number of halogens is 1. The van der Waals surface area contributed by atoms with Gasteiger partial charge >= 0.3 is 0 Å². The number of aliphatic imine (C=N–C) groups is 1. The van der Waals surface area contributed by atoms with Crippen LogP contribution in [-0.2, 0) is 6.42 Å². The molecule has 0 saturated heterocycles. The smallest absolute Gasteiger partial charge is 0.115 e. The SMILES string of the molecule is BrC1=CN=CN(CCc2ccccc2)N1. The Labute approximate surface area is 97.6 Å². The maximum absolute atomic E-state index is 4.08. The maximum Gasteiger partial charge on any atom is 0.115 e. The second-order valence-corrected chi connectivity index (χ2v) is 4.14. The molecule has 0 bridgehead atoms. The Morgan fingerprint density at radius 3 is 2.80 bits per heavy atom. The van der Waals surface area contributed by atoms with Crippen LogP contribution >= 0.6 is 15.9 Å². The number of hydrogen-bond acceptors (Lipinski definition) is 3. The highest BCUT2D eigenvalue weighted by molar-refractivity contribution is 9.11. The van der Waals surface area contributed by atoms with Crippen LogP contribution in [0, 0.1) is 0 Å². The molecule has 1 aromatic rings. The molecule has 0 radical (unpaired) electrons. The zero-order valence-electron chi connectivity index (χ0n) is 8.23. The molecule has 0 amide bonds. The zero-order valence-corrected chi connectivity index (χ0v) is 9.81. The van der Waals surface area contributed by atoms with E-state index in [1.807, 2.05) is 11.1 Å². The summed E-state index contributed by atoms with van der Waals surface area (Å²) in [5.41, 5.74) is 4.48. The van der Waals surface area contributed by atoms with E-state index < -0.39 is 0 Å². The second-order valence-electron chi connectivity index (χ2n) is 3.28. The minimum absolute atomic E-state index is 0.887. The van der Waals surface area contributed by atoms with Gasteiger partial charge in [-0.15, -0.1) is 0 Å². The van der Waals surface area contributed by atoms with Gasteiger partial charge in [-0.3, -0.25) is 10.4 Å². The van der Waals surface area contributed by atoms with Crippen LogP contribution in [0.3, 0.4) is 0 Å². The van der Waals surface area contributed by atoms with Crippen LogP contribution in [0.25, 0.3) is 0 Å². The number of benzene rings is 1. The van der Waals surface area contributed by atoms with Crippen molar-refractivity contribution in [2.24, 2.45) is 4.99 Å². The first-order valence-corrected chi connectivity index (χ1v) is 5.60. The van der Waals surface area contributed by atoms with Crippen molar-refractivity contribution in [3.05, 3.63) is 46.7 Å². The number of hydrogen-bond donors (Lipinski definition) is 1. The van der Waals surface area contributed by atoms with Crippen molar-refractivity contribution < 1.29 is 0 Å². The zero-order chi connectivity index (χ0) is 10.5. The summed E-state index contributed by atoms with van der Waals surface area (Å²) in [7, 11) is 0. The molecule has 0 aromatic heterocycles. The molecule has 2 rings (SSSR count). The van der Waals surface area contributed by atoms with Gasteiger partial charge in [0.15, 0.2) is 0 Å². The Kier molecular flexibility index (Phi) is 3.40. The molecule has 0 saturated carbocycles. The van der Waals surface area contributed by atoms with Gasteiger partial charge in [0, 0.05) is 6.54 Å². The van der Waals surface area contributed by atoms with E-state index in [1.165, 1.54) is 5.56 Å². The summed E-state index contributed by atoms with van der Waals surface area (Å²) in [6.07, 6.45) is 4.52. The van der Waals surface area contributed by atoms with Gasteiger partial charge in [0.05, 0.1) is 6.20 Å². The number of nitrogens with zero attached hydrogens (tertiary/aromatic N) is 2. The number of nitrogens with one attached hydrogen (secondary N) is 1. The molecule has 1 heterocycles. The van der Waals surface area contributed by atoms with E-state index in [0.717, 1.165) is 17.6 Å². The molecule has 1 aliphatic heterocycles. The molecular formula is C11H12BrN3. The third kappa shape index (κ3) is 3.09. The van der Waals surface area contributed by atoms with Gasteiger partial charge in [0.2, 0.25) is 0 Å². The summed E-state index contributed by atoms with van der Waals surface area (Å²) in [5, 5.41) is 1.96. The highest BCUT2D eigenvalue weighted by Crippen LogP contribution is 2.06. The number of hydrazine groups is 1. The van der Waals surface area contributed by atoms with Crippen molar-refractivity contribution in [3.8, 4) is 0 Å². The lowest BCUT2D eigenvalue weighted by Gasteiger charge is -2.23. The van der Waals surface area contributed by atoms with Crippen LogP contribution in [0.5, 0.6) is 0 Å². The molecule has 1 N–H and O–H groups in total. The molecule has 4 heteroatoms. The fourth-order valence-corrected chi connectivity index (χ4v) is 1.73. The summed E-state index contributed by atoms with van der Waals surface area (Å²) in [4.78, 5) is 4.08. The van der Waals surface area contributed by atoms with Crippen LogP contribution in [-0.4, -0.2) is 17.9 Å². The molecule has 3 nitrogen and oxygen atoms in total. The Hall–Kier alpha value is -1.29. The highest BCUT2D eigenvalue weighted by atomic mass is 79.9. The second kappa shape index (κ2) is 4.98. The normalized spacial score (nSPS) is 14.7. The van der Waals surface area contributed by atoms with Crippen molar-refractivity contribution in [1.82, 2.24) is 10.4 Å². The van der Waals surface area contributed by atoms with Gasteiger partial charge in [0.1, 0.15) is 10.9 Å². The molecule has 0 fully saturated rings. The molecular weight excluding hydrogens is 254 g/mol. The average Bonchev–Trinajstić information content (AvgIpc) is 2.28. The predicted molar refractivity (Wildman–Crippen MR) is 65.5 cm³/mol. The Bertz CT molecular complexity index is 373. The van der Waals surface area contributed by atoms with Crippen LogP contribution in [0.15, 0.2) is 46.1 Å². The van der Waals surface area contributed by atoms with Gasteiger partial charge < -0.3 is 0 Å². The monoisotopic (exact) mass is 265 g/mol. The Morgan fingerprint density at radius 2 is 2.07 bits per heavy atom. The van der Waals surface area contributed by atoms with Crippen molar-refractivity contribution in [3.63, 3.8) is 0 Å². The van der Waals surface area contributed by atoms with E-state index in [9.17, 15) is 0 Å². The van der Waals surface area contributed by atoms with Crippen molar-refractivity contribution in [2.45, 2.75) is 6.42 Å². The van der Waals surface area contributed by atoms with Crippen LogP contribution in [0.4, 0.5) is 0 Å². The lowest BCUT2D eigenvalue weighted by Crippen LogP contribution is -2.38. The lowest BCUT2D eigenvalue weighted by molar-refractivity contribution is 0.364. The quantitative estimate of drug-likeness (QED) is 0.850. The van der Waals surface area contributed by atoms with E-state index in [0.29, 0.717) is 0 Å². The third-order valence-electron chi connectivity index (χ3n) is 2.13. The van der Waals surface area contributed by atoms with Crippen LogP contribution in [0.1, 0.15) is 5.56 Å². The largest absolute Gasteiger partial charge is 0.289 e. The van der Waals surface area contributed by atoms with Crippen LogP contribution in [0.2, 0.25) is 0 Å². The van der Waals surface area contributed by atoms with Gasteiger partial charge in [-0.05, 0) is 27.9 Å². The predicted octanol–water partition coefficient (Wildman–Crippen LogP) is 2.27. The average molecular weight is 266 g/mol. The summed E-state index contributed by atoms with van der Waals surface area (Å²) >= 11 is 3.35. The van der Waals surface area contributed by atoms with E-state index in [-0.39, 0.29) is 0 Å². The summed E-state index contributed by atoms with van der Waals surface area (Å²) < 4.78 is 0.887. The molecule has 15 heavy (non-hydrogen) atoms. The number of rotatable bonds is 3. The topological polar surface area (TPSA) is 27.6 Å². The fourth-order valence-electron chi connectivity index (χ4n) is 1.38. The molecule has 0 unspecified atom stereocenters. The van der Waals surface area contributed by atoms with E-state index in [2.05, 4.69) is 50.6 Å². The molecule has 1 aromatic carbocycles. The third-order valence-corrected chi connectivity index (χ3v) is 2.51. The Morgan fingerprint density at radius 1 is 1.27 bits per heavy atom. The van der Waals surface area contributed by atoms with Gasteiger partial charge in [-0.2, -0.15) is 0 Å². The summed E-state index contributed by atoms with van der Waals surface area (Å²) in [5.74, 6) is 0. The van der Waals surface area contributed by atoms with Crippen molar-refractivity contribution >= 4 is 22.3 Å². The van der Waals surface area contributed by atoms with Gasteiger partial charge in [0.25, 0.3) is 0 Å². The fraction of sp³-hybridized carbons (Fsp3) is 0.182. The lowest BCUT2D eigenvalue weighted by atomic mass is 10.1. The van der Waals surface area contributed by atoms with E-state index >= 15 is 0 Å². The highest BCUT2D eigenvalue weighted by Gasteiger charge is 2.04. The van der Waals surface area contributed by atoms with E-state index in [4.69, 9.17) is 0 Å². The van der Waals surface area contributed by atoms with Crippen molar-refractivity contribution in [1.29, 1.82) is 0 Å². The first kappa shape index (κ1) is 10.2. The molecule has 1 aliphatic rings. The first-order chi connectivity index (χ1) is 7.34. The summed E-state index contributed by atoms with van der Waals surface area (Å²) in [6, 6.07) is 10.4. The molecule has 0 atom stereocenters. The molecule has 0 aliphatic carbocycles. The maximum atomic E-state index is 4.08. The minimum atomic E-state index is 0.887. The first-order valence-electron chi connectivity index (χ1n) is 4.81. The van der Waals surface area contributed by atoms with Crippen LogP contribution < -0.4 is 5.43 Å². The standard InChI is InChI=1S/C11H12BrN3/c12-11-8-13-9-15(14-11)7-6-10-4-2-1-3-5-10/h1-5,8-9,14H,6-7H2. The molecule has 0 spiro atoms. The molecule has 78 valence electrons. The summed E-state index contributed by atoms with van der Waals surface area (Å²) in [6.45, 7) is 0.899. The van der Waals surface area contributed by atoms with Gasteiger partial charge in [-0.1, -0.05) is 30.3 Å². The van der Waals surface area contributed by atoms with Crippen molar-refractivity contribution in [2.75, 3.05) is 6.54 Å².